The summed E-state index contributed by atoms with van der Waals surface area (Å²) in [5, 5.41) is 10.3. The zero-order valence-corrected chi connectivity index (χ0v) is 15.9. The number of hydrogen-bond acceptors (Lipinski definition) is 4. The second-order valence-electron chi connectivity index (χ2n) is 7.34. The van der Waals surface area contributed by atoms with Crippen LogP contribution in [0, 0.1) is 5.82 Å². The number of piperidine rings is 1. The fourth-order valence-corrected chi connectivity index (χ4v) is 3.50. The van der Waals surface area contributed by atoms with Crippen molar-refractivity contribution >= 4 is 5.91 Å². The van der Waals surface area contributed by atoms with Gasteiger partial charge in [0.25, 0.3) is 5.91 Å². The zero-order chi connectivity index (χ0) is 19.4. The van der Waals surface area contributed by atoms with Gasteiger partial charge >= 0.3 is 0 Å². The summed E-state index contributed by atoms with van der Waals surface area (Å²) in [6.45, 7) is 3.01. The van der Waals surface area contributed by atoms with Gasteiger partial charge in [-0.1, -0.05) is 12.1 Å². The van der Waals surface area contributed by atoms with E-state index in [9.17, 15) is 14.3 Å². The summed E-state index contributed by atoms with van der Waals surface area (Å²) in [6, 6.07) is 5.41. The van der Waals surface area contributed by atoms with Gasteiger partial charge in [-0.15, -0.1) is 0 Å². The molecule has 0 bridgehead atoms. The molecule has 1 fully saturated rings. The maximum atomic E-state index is 13.0. The predicted octanol–water partition coefficient (Wildman–Crippen LogP) is 2.02. The number of aliphatic hydroxyl groups excluding tert-OH is 1. The summed E-state index contributed by atoms with van der Waals surface area (Å²) >= 11 is 0. The van der Waals surface area contributed by atoms with Crippen LogP contribution in [0.1, 0.15) is 36.3 Å². The van der Waals surface area contributed by atoms with E-state index < -0.39 is 6.10 Å². The highest BCUT2D eigenvalue weighted by Crippen LogP contribution is 2.28. The molecule has 1 amide bonds. The van der Waals surface area contributed by atoms with Crippen LogP contribution in [0.3, 0.4) is 0 Å². The summed E-state index contributed by atoms with van der Waals surface area (Å²) in [5.41, 5.74) is 0.419. The number of hydrogen-bond donors (Lipinski definition) is 1. The average Bonchev–Trinajstić information content (AvgIpc) is 3.14. The van der Waals surface area contributed by atoms with Gasteiger partial charge in [0.05, 0.1) is 0 Å². The average molecular weight is 374 g/mol. The molecule has 1 aliphatic rings. The van der Waals surface area contributed by atoms with Crippen LogP contribution in [-0.4, -0.2) is 64.1 Å². The molecular formula is C20H27FN4O2. The second kappa shape index (κ2) is 8.63. The molecule has 6 nitrogen and oxygen atoms in total. The highest BCUT2D eigenvalue weighted by Gasteiger charge is 2.30. The number of halogens is 1. The van der Waals surface area contributed by atoms with Gasteiger partial charge in [0.2, 0.25) is 0 Å². The summed E-state index contributed by atoms with van der Waals surface area (Å²) in [6.07, 6.45) is 4.24. The van der Waals surface area contributed by atoms with E-state index in [-0.39, 0.29) is 11.7 Å². The van der Waals surface area contributed by atoms with Crippen molar-refractivity contribution in [3.05, 3.63) is 53.9 Å². The monoisotopic (exact) mass is 374 g/mol. The molecule has 1 saturated heterocycles. The first-order valence-electron chi connectivity index (χ1n) is 9.34. The quantitative estimate of drug-likeness (QED) is 0.840. The Labute approximate surface area is 159 Å². The van der Waals surface area contributed by atoms with Crippen LogP contribution < -0.4 is 0 Å². The van der Waals surface area contributed by atoms with E-state index in [0.717, 1.165) is 31.8 Å². The normalized spacial score (nSPS) is 16.7. The maximum Gasteiger partial charge on any atom is 0.256 e. The number of likely N-dealkylation sites (N-methyl/N-ethyl adjacent to an activating group) is 1. The van der Waals surface area contributed by atoms with Crippen molar-refractivity contribution in [3.63, 3.8) is 0 Å². The number of carbonyl (C=O) groups excluding carboxylic acids is 1. The molecule has 1 aromatic carbocycles. The van der Waals surface area contributed by atoms with Crippen LogP contribution in [0.4, 0.5) is 4.39 Å². The SMILES string of the molecule is CN(C)CCn1ccnc1C1CCN(C(=O)[C@@H](O)c2ccc(F)cc2)CC1. The lowest BCUT2D eigenvalue weighted by atomic mass is 9.95. The standard InChI is InChI=1S/C20H27FN4O2/c1-23(2)13-14-24-12-9-22-19(24)16-7-10-25(11-8-16)20(27)18(26)15-3-5-17(21)6-4-15/h3-6,9,12,16,18,26H,7-8,10-11,13-14H2,1-2H3/t18-/m0/s1. The first kappa shape index (κ1) is 19.5. The molecule has 0 spiro atoms. The number of aliphatic hydroxyl groups is 1. The smallest absolute Gasteiger partial charge is 0.256 e. The van der Waals surface area contributed by atoms with E-state index in [4.69, 9.17) is 0 Å². The van der Waals surface area contributed by atoms with E-state index in [1.165, 1.54) is 24.3 Å². The molecule has 27 heavy (non-hydrogen) atoms. The van der Waals surface area contributed by atoms with Gasteiger partial charge in [0.1, 0.15) is 11.6 Å². The fraction of sp³-hybridized carbons (Fsp3) is 0.500. The highest BCUT2D eigenvalue weighted by atomic mass is 19.1. The minimum absolute atomic E-state index is 0.314. The number of imidazole rings is 1. The molecule has 0 aliphatic carbocycles. The summed E-state index contributed by atoms with van der Waals surface area (Å²) < 4.78 is 15.2. The van der Waals surface area contributed by atoms with Gasteiger partial charge in [-0.05, 0) is 44.6 Å². The second-order valence-corrected chi connectivity index (χ2v) is 7.34. The van der Waals surface area contributed by atoms with Crippen LogP contribution in [0.25, 0.3) is 0 Å². The summed E-state index contributed by atoms with van der Waals surface area (Å²) in [5.74, 6) is 0.678. The number of benzene rings is 1. The molecule has 1 atom stereocenters. The molecule has 0 unspecified atom stereocenters. The molecule has 0 saturated carbocycles. The first-order chi connectivity index (χ1) is 13.0. The van der Waals surface area contributed by atoms with E-state index in [1.54, 1.807) is 4.90 Å². The van der Waals surface area contributed by atoms with Crippen LogP contribution in [0.2, 0.25) is 0 Å². The molecule has 3 rings (SSSR count). The summed E-state index contributed by atoms with van der Waals surface area (Å²) in [4.78, 5) is 20.9. The van der Waals surface area contributed by atoms with Crippen LogP contribution in [-0.2, 0) is 11.3 Å². The van der Waals surface area contributed by atoms with Gasteiger partial charge in [-0.3, -0.25) is 4.79 Å². The number of amides is 1. The van der Waals surface area contributed by atoms with Crippen molar-refractivity contribution in [2.45, 2.75) is 31.4 Å². The van der Waals surface area contributed by atoms with Gasteiger partial charge in [-0.25, -0.2) is 9.37 Å². The number of nitrogens with zero attached hydrogens (tertiary/aromatic N) is 4. The lowest BCUT2D eigenvalue weighted by Crippen LogP contribution is -2.41. The van der Waals surface area contributed by atoms with Crippen molar-refractivity contribution in [2.75, 3.05) is 33.7 Å². The third-order valence-electron chi connectivity index (χ3n) is 5.13. The van der Waals surface area contributed by atoms with Gasteiger partial charge < -0.3 is 19.5 Å². The lowest BCUT2D eigenvalue weighted by Gasteiger charge is -2.33. The first-order valence-corrected chi connectivity index (χ1v) is 9.34. The Bertz CT molecular complexity index is 752. The van der Waals surface area contributed by atoms with Crippen LogP contribution in [0.15, 0.2) is 36.7 Å². The van der Waals surface area contributed by atoms with Crippen molar-refractivity contribution in [1.82, 2.24) is 19.4 Å². The molecule has 146 valence electrons. The van der Waals surface area contributed by atoms with Crippen molar-refractivity contribution in [2.24, 2.45) is 0 Å². The molecule has 7 heteroatoms. The Morgan fingerprint density at radius 2 is 1.96 bits per heavy atom. The van der Waals surface area contributed by atoms with Crippen molar-refractivity contribution in [3.8, 4) is 0 Å². The number of likely N-dealkylation sites (tertiary alicyclic amines) is 1. The molecule has 0 radical (unpaired) electrons. The molecule has 1 N–H and O–H groups in total. The van der Waals surface area contributed by atoms with Crippen molar-refractivity contribution < 1.29 is 14.3 Å². The van der Waals surface area contributed by atoms with Gasteiger partial charge in [0, 0.05) is 44.5 Å². The third kappa shape index (κ3) is 4.73. The van der Waals surface area contributed by atoms with E-state index in [1.807, 2.05) is 26.5 Å². The van der Waals surface area contributed by atoms with E-state index in [0.29, 0.717) is 24.6 Å². The molecular weight excluding hydrogens is 347 g/mol. The summed E-state index contributed by atoms with van der Waals surface area (Å²) in [7, 11) is 4.10. The molecule has 1 aliphatic heterocycles. The lowest BCUT2D eigenvalue weighted by molar-refractivity contribution is -0.141. The van der Waals surface area contributed by atoms with E-state index in [2.05, 4.69) is 14.5 Å². The van der Waals surface area contributed by atoms with Crippen LogP contribution >= 0.6 is 0 Å². The molecule has 2 heterocycles. The third-order valence-corrected chi connectivity index (χ3v) is 5.13. The largest absolute Gasteiger partial charge is 0.378 e. The predicted molar refractivity (Wildman–Crippen MR) is 101 cm³/mol. The van der Waals surface area contributed by atoms with Gasteiger partial charge in [-0.2, -0.15) is 0 Å². The Hall–Kier alpha value is -2.25. The number of aromatic nitrogens is 2. The van der Waals surface area contributed by atoms with Gasteiger partial charge in [0.15, 0.2) is 6.10 Å². The van der Waals surface area contributed by atoms with E-state index >= 15 is 0 Å². The minimum Gasteiger partial charge on any atom is -0.378 e. The molecule has 1 aromatic heterocycles. The topological polar surface area (TPSA) is 61.6 Å². The zero-order valence-electron chi connectivity index (χ0n) is 15.9. The number of carbonyl (C=O) groups is 1. The Balaban J connectivity index is 1.58. The Kier molecular flexibility index (Phi) is 6.23. The number of rotatable bonds is 6. The highest BCUT2D eigenvalue weighted by molar-refractivity contribution is 5.82. The molecule has 2 aromatic rings. The minimum atomic E-state index is -1.25. The fourth-order valence-electron chi connectivity index (χ4n) is 3.50. The Morgan fingerprint density at radius 1 is 1.30 bits per heavy atom. The van der Waals surface area contributed by atoms with Crippen molar-refractivity contribution in [1.29, 1.82) is 0 Å². The maximum absolute atomic E-state index is 13.0. The van der Waals surface area contributed by atoms with Crippen LogP contribution in [0.5, 0.6) is 0 Å². The Morgan fingerprint density at radius 3 is 2.59 bits per heavy atom.